The number of rotatable bonds is 5. The van der Waals surface area contributed by atoms with Crippen molar-refractivity contribution in [3.05, 3.63) is 54.4 Å². The Kier molecular flexibility index (Phi) is 5.21. The van der Waals surface area contributed by atoms with Crippen LogP contribution >= 0.6 is 0 Å². The van der Waals surface area contributed by atoms with Crippen LogP contribution in [-0.4, -0.2) is 24.0 Å². The SMILES string of the molecule is O=C(Nc1cccc(OCc2ccccn2)c1)C1CCCNC1. The molecule has 23 heavy (non-hydrogen) atoms. The molecule has 120 valence electrons. The van der Waals surface area contributed by atoms with Crippen LogP contribution in [0.15, 0.2) is 48.7 Å². The van der Waals surface area contributed by atoms with Gasteiger partial charge in [0.05, 0.1) is 11.6 Å². The minimum atomic E-state index is 0.0434. The molecule has 0 radical (unpaired) electrons. The summed E-state index contributed by atoms with van der Waals surface area (Å²) in [7, 11) is 0. The Morgan fingerprint density at radius 2 is 2.26 bits per heavy atom. The Morgan fingerprint density at radius 1 is 1.30 bits per heavy atom. The van der Waals surface area contributed by atoms with Crippen LogP contribution in [-0.2, 0) is 11.4 Å². The summed E-state index contributed by atoms with van der Waals surface area (Å²) in [6, 6.07) is 13.2. The number of nitrogens with one attached hydrogen (secondary N) is 2. The average Bonchev–Trinajstić information content (AvgIpc) is 2.62. The van der Waals surface area contributed by atoms with Gasteiger partial charge in [0.1, 0.15) is 12.4 Å². The van der Waals surface area contributed by atoms with Gasteiger partial charge >= 0.3 is 0 Å². The predicted octanol–water partition coefficient (Wildman–Crippen LogP) is 2.60. The Morgan fingerprint density at radius 3 is 3.04 bits per heavy atom. The van der Waals surface area contributed by atoms with Crippen molar-refractivity contribution in [2.45, 2.75) is 19.4 Å². The number of piperidine rings is 1. The fourth-order valence-corrected chi connectivity index (χ4v) is 2.62. The van der Waals surface area contributed by atoms with E-state index in [2.05, 4.69) is 15.6 Å². The van der Waals surface area contributed by atoms with Crippen molar-refractivity contribution in [3.8, 4) is 5.75 Å². The molecule has 5 heteroatoms. The predicted molar refractivity (Wildman–Crippen MR) is 89.2 cm³/mol. The molecule has 2 aromatic rings. The van der Waals surface area contributed by atoms with Crippen LogP contribution in [0.5, 0.6) is 5.75 Å². The molecule has 1 aliphatic heterocycles. The smallest absolute Gasteiger partial charge is 0.228 e. The number of aromatic nitrogens is 1. The summed E-state index contributed by atoms with van der Waals surface area (Å²) in [6.45, 7) is 2.16. The molecule has 1 fully saturated rings. The molecule has 0 spiro atoms. The maximum Gasteiger partial charge on any atom is 0.228 e. The molecule has 0 bridgehead atoms. The van der Waals surface area contributed by atoms with Crippen molar-refractivity contribution in [2.24, 2.45) is 5.92 Å². The van der Waals surface area contributed by atoms with Gasteiger partial charge in [-0.1, -0.05) is 12.1 Å². The van der Waals surface area contributed by atoms with Crippen molar-refractivity contribution >= 4 is 11.6 Å². The van der Waals surface area contributed by atoms with Gasteiger partial charge in [0.15, 0.2) is 0 Å². The molecule has 2 heterocycles. The van der Waals surface area contributed by atoms with Crippen molar-refractivity contribution in [2.75, 3.05) is 18.4 Å². The van der Waals surface area contributed by atoms with Gasteiger partial charge < -0.3 is 15.4 Å². The third-order valence-electron chi connectivity index (χ3n) is 3.88. The first-order chi connectivity index (χ1) is 11.3. The maximum atomic E-state index is 12.3. The van der Waals surface area contributed by atoms with E-state index in [-0.39, 0.29) is 11.8 Å². The first kappa shape index (κ1) is 15.5. The zero-order valence-corrected chi connectivity index (χ0v) is 13.0. The number of benzene rings is 1. The van der Waals surface area contributed by atoms with Crippen molar-refractivity contribution < 1.29 is 9.53 Å². The molecule has 1 atom stereocenters. The number of nitrogens with zero attached hydrogens (tertiary/aromatic N) is 1. The fourth-order valence-electron chi connectivity index (χ4n) is 2.62. The van der Waals surface area contributed by atoms with Gasteiger partial charge in [-0.3, -0.25) is 9.78 Å². The van der Waals surface area contributed by atoms with E-state index in [1.807, 2.05) is 42.5 Å². The Hall–Kier alpha value is -2.40. The second-order valence-corrected chi connectivity index (χ2v) is 5.67. The first-order valence-electron chi connectivity index (χ1n) is 7.95. The minimum Gasteiger partial charge on any atom is -0.487 e. The van der Waals surface area contributed by atoms with E-state index in [1.54, 1.807) is 6.20 Å². The van der Waals surface area contributed by atoms with E-state index < -0.39 is 0 Å². The van der Waals surface area contributed by atoms with E-state index in [4.69, 9.17) is 4.74 Å². The Balaban J connectivity index is 1.57. The van der Waals surface area contributed by atoms with Gasteiger partial charge in [-0.25, -0.2) is 0 Å². The number of anilines is 1. The van der Waals surface area contributed by atoms with Gasteiger partial charge in [-0.05, 0) is 43.7 Å². The molecule has 3 rings (SSSR count). The zero-order chi connectivity index (χ0) is 15.9. The number of carbonyl (C=O) groups is 1. The number of hydrogen-bond acceptors (Lipinski definition) is 4. The van der Waals surface area contributed by atoms with Gasteiger partial charge in [0.2, 0.25) is 5.91 Å². The monoisotopic (exact) mass is 311 g/mol. The van der Waals surface area contributed by atoms with Gasteiger partial charge in [-0.2, -0.15) is 0 Å². The quantitative estimate of drug-likeness (QED) is 0.891. The molecular formula is C18H21N3O2. The summed E-state index contributed by atoms with van der Waals surface area (Å²) in [5.41, 5.74) is 1.63. The number of carbonyl (C=O) groups excluding carboxylic acids is 1. The lowest BCUT2D eigenvalue weighted by Crippen LogP contribution is -2.37. The highest BCUT2D eigenvalue weighted by atomic mass is 16.5. The molecule has 1 aromatic carbocycles. The molecule has 0 saturated carbocycles. The lowest BCUT2D eigenvalue weighted by Gasteiger charge is -2.22. The molecule has 2 N–H and O–H groups in total. The third kappa shape index (κ3) is 4.53. The summed E-state index contributed by atoms with van der Waals surface area (Å²) in [5.74, 6) is 0.830. The van der Waals surface area contributed by atoms with E-state index in [0.29, 0.717) is 6.61 Å². The maximum absolute atomic E-state index is 12.3. The molecule has 1 aliphatic rings. The van der Waals surface area contributed by atoms with Crippen molar-refractivity contribution in [3.63, 3.8) is 0 Å². The Bertz CT molecular complexity index is 640. The number of ether oxygens (including phenoxy) is 1. The summed E-state index contributed by atoms with van der Waals surface area (Å²) in [5, 5.41) is 6.23. The summed E-state index contributed by atoms with van der Waals surface area (Å²) >= 11 is 0. The largest absolute Gasteiger partial charge is 0.487 e. The molecule has 5 nitrogen and oxygen atoms in total. The average molecular weight is 311 g/mol. The Labute approximate surface area is 136 Å². The van der Waals surface area contributed by atoms with Crippen LogP contribution in [0.4, 0.5) is 5.69 Å². The highest BCUT2D eigenvalue weighted by Gasteiger charge is 2.20. The van der Waals surface area contributed by atoms with Crippen LogP contribution in [0.2, 0.25) is 0 Å². The second kappa shape index (κ2) is 7.74. The molecule has 0 aliphatic carbocycles. The third-order valence-corrected chi connectivity index (χ3v) is 3.88. The van der Waals surface area contributed by atoms with Crippen molar-refractivity contribution in [1.82, 2.24) is 10.3 Å². The topological polar surface area (TPSA) is 63.2 Å². The number of pyridine rings is 1. The van der Waals surface area contributed by atoms with Gasteiger partial charge in [0, 0.05) is 24.5 Å². The summed E-state index contributed by atoms with van der Waals surface area (Å²) in [4.78, 5) is 16.5. The van der Waals surface area contributed by atoms with Crippen LogP contribution in [0.3, 0.4) is 0 Å². The highest BCUT2D eigenvalue weighted by Crippen LogP contribution is 2.20. The summed E-state index contributed by atoms with van der Waals surface area (Å²) < 4.78 is 5.73. The zero-order valence-electron chi connectivity index (χ0n) is 13.0. The standard InChI is InChI=1S/C18H21N3O2/c22-18(14-5-4-9-19-12-14)21-15-7-3-8-17(11-15)23-13-16-6-1-2-10-20-16/h1-3,6-8,10-11,14,19H,4-5,9,12-13H2,(H,21,22). The minimum absolute atomic E-state index is 0.0434. The van der Waals surface area contributed by atoms with Crippen molar-refractivity contribution in [1.29, 1.82) is 0 Å². The van der Waals surface area contributed by atoms with E-state index in [0.717, 1.165) is 43.1 Å². The van der Waals surface area contributed by atoms with Gasteiger partial charge in [-0.15, -0.1) is 0 Å². The van der Waals surface area contributed by atoms with Crippen LogP contribution in [0.1, 0.15) is 18.5 Å². The first-order valence-corrected chi connectivity index (χ1v) is 7.95. The van der Waals surface area contributed by atoms with Crippen LogP contribution in [0, 0.1) is 5.92 Å². The molecule has 1 saturated heterocycles. The second-order valence-electron chi connectivity index (χ2n) is 5.67. The lowest BCUT2D eigenvalue weighted by molar-refractivity contribution is -0.120. The molecule has 1 unspecified atom stereocenters. The van der Waals surface area contributed by atoms with Crippen LogP contribution < -0.4 is 15.4 Å². The van der Waals surface area contributed by atoms with Crippen LogP contribution in [0.25, 0.3) is 0 Å². The lowest BCUT2D eigenvalue weighted by atomic mass is 9.99. The summed E-state index contributed by atoms with van der Waals surface area (Å²) in [6.07, 6.45) is 3.73. The molecular weight excluding hydrogens is 290 g/mol. The fraction of sp³-hybridized carbons (Fsp3) is 0.333. The van der Waals surface area contributed by atoms with E-state index in [1.165, 1.54) is 0 Å². The van der Waals surface area contributed by atoms with Gasteiger partial charge in [0.25, 0.3) is 0 Å². The molecule has 1 aromatic heterocycles. The number of hydrogen-bond donors (Lipinski definition) is 2. The van der Waals surface area contributed by atoms with E-state index >= 15 is 0 Å². The highest BCUT2D eigenvalue weighted by molar-refractivity contribution is 5.92. The van der Waals surface area contributed by atoms with E-state index in [9.17, 15) is 4.79 Å². The number of amides is 1. The molecule has 1 amide bonds. The normalized spacial score (nSPS) is 17.5.